The molecule has 1 aliphatic carbocycles. The molecule has 0 saturated heterocycles. The minimum atomic E-state index is -0.905. The Morgan fingerprint density at radius 2 is 1.96 bits per heavy atom. The summed E-state index contributed by atoms with van der Waals surface area (Å²) in [4.78, 5) is 24.8. The van der Waals surface area contributed by atoms with Gasteiger partial charge >= 0.3 is 5.97 Å². The molecule has 2 aromatic rings. The van der Waals surface area contributed by atoms with E-state index in [9.17, 15) is 9.59 Å². The summed E-state index contributed by atoms with van der Waals surface area (Å²) in [6, 6.07) is 9.34. The fourth-order valence-corrected chi connectivity index (χ4v) is 3.10. The number of hydrogen-bond acceptors (Lipinski definition) is 4. The molecular formula is C20H24N2O4. The lowest BCUT2D eigenvalue weighted by atomic mass is 10.2. The minimum absolute atomic E-state index is 0.386. The normalized spacial score (nSPS) is 14.6. The molecule has 26 heavy (non-hydrogen) atoms. The average Bonchev–Trinajstić information content (AvgIpc) is 3.39. The Labute approximate surface area is 153 Å². The molecule has 1 amide bonds. The number of benzene rings is 1. The van der Waals surface area contributed by atoms with E-state index in [1.807, 2.05) is 19.9 Å². The van der Waals surface area contributed by atoms with E-state index in [1.165, 1.54) is 0 Å². The van der Waals surface area contributed by atoms with Crippen LogP contribution in [0.5, 0.6) is 5.75 Å². The number of hydrogen-bond donors (Lipinski definition) is 1. The maximum absolute atomic E-state index is 12.5. The Morgan fingerprint density at radius 3 is 2.62 bits per heavy atom. The quantitative estimate of drug-likeness (QED) is 0.803. The predicted octanol–water partition coefficient (Wildman–Crippen LogP) is 3.63. The highest BCUT2D eigenvalue weighted by atomic mass is 16.5. The lowest BCUT2D eigenvalue weighted by Crippen LogP contribution is -2.30. The van der Waals surface area contributed by atoms with E-state index in [0.717, 1.165) is 24.2 Å². The van der Waals surface area contributed by atoms with Gasteiger partial charge in [0.15, 0.2) is 6.10 Å². The zero-order chi connectivity index (χ0) is 18.8. The highest BCUT2D eigenvalue weighted by Crippen LogP contribution is 2.38. The number of carbonyl (C=O) groups excluding carboxylic acids is 2. The number of carbonyl (C=O) groups is 2. The second-order valence-electron chi connectivity index (χ2n) is 6.65. The molecule has 0 unspecified atom stereocenters. The number of nitrogens with one attached hydrogen (secondary N) is 1. The van der Waals surface area contributed by atoms with E-state index in [0.29, 0.717) is 23.0 Å². The molecule has 0 radical (unpaired) electrons. The number of anilines is 1. The van der Waals surface area contributed by atoms with Crippen LogP contribution in [0.3, 0.4) is 0 Å². The van der Waals surface area contributed by atoms with E-state index in [4.69, 9.17) is 9.47 Å². The van der Waals surface area contributed by atoms with E-state index >= 15 is 0 Å². The van der Waals surface area contributed by atoms with Crippen LogP contribution < -0.4 is 10.1 Å². The first kappa shape index (κ1) is 18.0. The number of methoxy groups -OCH3 is 1. The smallest absolute Gasteiger partial charge is 0.340 e. The van der Waals surface area contributed by atoms with Crippen molar-refractivity contribution in [1.29, 1.82) is 0 Å². The van der Waals surface area contributed by atoms with Crippen LogP contribution in [0.25, 0.3) is 0 Å². The van der Waals surface area contributed by atoms with Crippen LogP contribution in [0, 0.1) is 13.8 Å². The molecule has 138 valence electrons. The van der Waals surface area contributed by atoms with Gasteiger partial charge in [-0.15, -0.1) is 0 Å². The lowest BCUT2D eigenvalue weighted by Gasteiger charge is -2.14. The number of amides is 1. The van der Waals surface area contributed by atoms with Crippen LogP contribution in [0.15, 0.2) is 30.3 Å². The van der Waals surface area contributed by atoms with Crippen LogP contribution in [0.4, 0.5) is 5.69 Å². The van der Waals surface area contributed by atoms with E-state index in [2.05, 4.69) is 9.88 Å². The Kier molecular flexibility index (Phi) is 5.02. The molecule has 1 saturated carbocycles. The van der Waals surface area contributed by atoms with Crippen molar-refractivity contribution in [3.8, 4) is 5.75 Å². The molecule has 1 fully saturated rings. The summed E-state index contributed by atoms with van der Waals surface area (Å²) in [7, 11) is 1.56. The Morgan fingerprint density at radius 1 is 1.23 bits per heavy atom. The molecular weight excluding hydrogens is 332 g/mol. The summed E-state index contributed by atoms with van der Waals surface area (Å²) >= 11 is 0. The molecule has 1 heterocycles. The zero-order valence-corrected chi connectivity index (χ0v) is 15.5. The summed E-state index contributed by atoms with van der Waals surface area (Å²) < 4.78 is 12.7. The van der Waals surface area contributed by atoms with Gasteiger partial charge in [-0.2, -0.15) is 0 Å². The number of esters is 1. The van der Waals surface area contributed by atoms with Gasteiger partial charge in [0.1, 0.15) is 5.75 Å². The van der Waals surface area contributed by atoms with E-state index in [-0.39, 0.29) is 5.91 Å². The highest BCUT2D eigenvalue weighted by molar-refractivity contribution is 5.98. The van der Waals surface area contributed by atoms with E-state index < -0.39 is 12.1 Å². The van der Waals surface area contributed by atoms with Crippen LogP contribution in [0.2, 0.25) is 0 Å². The molecule has 6 nitrogen and oxygen atoms in total. The topological polar surface area (TPSA) is 69.6 Å². The SMILES string of the molecule is COc1cccc(NC(=O)[C@H](C)OC(=O)c2cc(C)n(C3CC3)c2C)c1. The number of aryl methyl sites for hydroxylation is 1. The van der Waals surface area contributed by atoms with Gasteiger partial charge in [0, 0.05) is 29.2 Å². The van der Waals surface area contributed by atoms with Gasteiger partial charge in [0.2, 0.25) is 0 Å². The van der Waals surface area contributed by atoms with Crippen molar-refractivity contribution in [2.45, 2.75) is 45.8 Å². The van der Waals surface area contributed by atoms with Crippen molar-refractivity contribution >= 4 is 17.6 Å². The van der Waals surface area contributed by atoms with Crippen molar-refractivity contribution in [3.63, 3.8) is 0 Å². The molecule has 3 rings (SSSR count). The zero-order valence-electron chi connectivity index (χ0n) is 15.5. The van der Waals surface area contributed by atoms with Gasteiger partial charge in [0.05, 0.1) is 12.7 Å². The van der Waals surface area contributed by atoms with Crippen LogP contribution in [-0.2, 0) is 9.53 Å². The van der Waals surface area contributed by atoms with Crippen molar-refractivity contribution in [2.24, 2.45) is 0 Å². The fourth-order valence-electron chi connectivity index (χ4n) is 3.10. The molecule has 6 heteroatoms. The second kappa shape index (κ2) is 7.23. The average molecular weight is 356 g/mol. The lowest BCUT2D eigenvalue weighted by molar-refractivity contribution is -0.123. The highest BCUT2D eigenvalue weighted by Gasteiger charge is 2.29. The molecule has 1 aromatic carbocycles. The van der Waals surface area contributed by atoms with E-state index in [1.54, 1.807) is 38.3 Å². The summed E-state index contributed by atoms with van der Waals surface area (Å²) in [6.45, 7) is 5.47. The first-order chi connectivity index (χ1) is 12.4. The summed E-state index contributed by atoms with van der Waals surface area (Å²) in [6.07, 6.45) is 1.38. The van der Waals surface area contributed by atoms with Gasteiger partial charge < -0.3 is 19.4 Å². The number of ether oxygens (including phenoxy) is 2. The number of nitrogens with zero attached hydrogens (tertiary/aromatic N) is 1. The monoisotopic (exact) mass is 356 g/mol. The third-order valence-electron chi connectivity index (χ3n) is 4.61. The number of rotatable bonds is 6. The van der Waals surface area contributed by atoms with Gasteiger partial charge in [-0.1, -0.05) is 6.07 Å². The first-order valence-electron chi connectivity index (χ1n) is 8.75. The third-order valence-corrected chi connectivity index (χ3v) is 4.61. The second-order valence-corrected chi connectivity index (χ2v) is 6.65. The Hall–Kier alpha value is -2.76. The number of aromatic nitrogens is 1. The van der Waals surface area contributed by atoms with Gasteiger partial charge in [-0.3, -0.25) is 4.79 Å². The maximum Gasteiger partial charge on any atom is 0.340 e. The molecule has 1 aliphatic rings. The van der Waals surface area contributed by atoms with Gasteiger partial charge in [-0.05, 0) is 51.8 Å². The predicted molar refractivity (Wildman–Crippen MR) is 98.7 cm³/mol. The van der Waals surface area contributed by atoms with Crippen LogP contribution >= 0.6 is 0 Å². The first-order valence-corrected chi connectivity index (χ1v) is 8.75. The fraction of sp³-hybridized carbons (Fsp3) is 0.400. The van der Waals surface area contributed by atoms with Crippen molar-refractivity contribution < 1.29 is 19.1 Å². The third kappa shape index (κ3) is 3.74. The minimum Gasteiger partial charge on any atom is -0.497 e. The largest absolute Gasteiger partial charge is 0.497 e. The maximum atomic E-state index is 12.5. The van der Waals surface area contributed by atoms with Crippen LogP contribution in [-0.4, -0.2) is 29.7 Å². The molecule has 0 spiro atoms. The van der Waals surface area contributed by atoms with Crippen molar-refractivity contribution in [2.75, 3.05) is 12.4 Å². The Balaban J connectivity index is 1.65. The summed E-state index contributed by atoms with van der Waals surface area (Å²) in [5, 5.41) is 2.73. The van der Waals surface area contributed by atoms with Gasteiger partial charge in [-0.25, -0.2) is 4.79 Å². The molecule has 1 atom stereocenters. The standard InChI is InChI=1S/C20H24N2O4/c1-12-10-18(13(2)22(12)16-8-9-16)20(24)26-14(3)19(23)21-15-6-5-7-17(11-15)25-4/h5-7,10-11,14,16H,8-9H2,1-4H3,(H,21,23)/t14-/m0/s1. The van der Waals surface area contributed by atoms with Crippen molar-refractivity contribution in [1.82, 2.24) is 4.57 Å². The van der Waals surface area contributed by atoms with Crippen molar-refractivity contribution in [3.05, 3.63) is 47.3 Å². The summed E-state index contributed by atoms with van der Waals surface area (Å²) in [5.41, 5.74) is 3.06. The van der Waals surface area contributed by atoms with Crippen LogP contribution in [0.1, 0.15) is 47.6 Å². The molecule has 1 N–H and O–H groups in total. The molecule has 0 bridgehead atoms. The Bertz CT molecular complexity index is 836. The summed E-state index contributed by atoms with van der Waals surface area (Å²) in [5.74, 6) is -0.221. The van der Waals surface area contributed by atoms with Gasteiger partial charge in [0.25, 0.3) is 5.91 Å². The molecule has 1 aromatic heterocycles. The molecule has 0 aliphatic heterocycles.